The first-order chi connectivity index (χ1) is 13.7. The van der Waals surface area contributed by atoms with Crippen LogP contribution in [0.5, 0.6) is 0 Å². The maximum atomic E-state index is 11.7. The largest absolute Gasteiger partial charge is 0.465 e. The number of fused-ring (bicyclic) bond motifs is 1. The lowest BCUT2D eigenvalue weighted by Crippen LogP contribution is -2.23. The highest BCUT2D eigenvalue weighted by Crippen LogP contribution is 2.42. The summed E-state index contributed by atoms with van der Waals surface area (Å²) >= 11 is 1.81. The molecule has 0 spiro atoms. The molecule has 146 valence electrons. The molecule has 4 rings (SSSR count). The summed E-state index contributed by atoms with van der Waals surface area (Å²) in [4.78, 5) is 18.8. The highest BCUT2D eigenvalue weighted by Gasteiger charge is 2.28. The lowest BCUT2D eigenvalue weighted by Gasteiger charge is -2.31. The smallest absolute Gasteiger partial charge is 0.337 e. The molecular formula is C23H26N2O2S. The molecule has 1 N–H and O–H groups in total. The van der Waals surface area contributed by atoms with Gasteiger partial charge in [-0.05, 0) is 61.6 Å². The van der Waals surface area contributed by atoms with Gasteiger partial charge in [-0.1, -0.05) is 25.3 Å². The Morgan fingerprint density at radius 1 is 1.18 bits per heavy atom. The van der Waals surface area contributed by atoms with Gasteiger partial charge in [-0.25, -0.2) is 9.78 Å². The number of hydrogen-bond acceptors (Lipinski definition) is 5. The standard InChI is InChI=1S/C23H26N2O2S/c1-15-19-9-6-14-24-22(19)28-21(15)20(16-7-4-3-5-8-16)25-18-12-10-17(11-13-18)23(26)27-2/h6,9-14,16,20,25H,3-5,7-8H2,1-2H3. The van der Waals surface area contributed by atoms with Gasteiger partial charge in [0.2, 0.25) is 0 Å². The van der Waals surface area contributed by atoms with E-state index in [4.69, 9.17) is 4.74 Å². The maximum Gasteiger partial charge on any atom is 0.337 e. The van der Waals surface area contributed by atoms with Gasteiger partial charge in [-0.2, -0.15) is 0 Å². The van der Waals surface area contributed by atoms with E-state index in [9.17, 15) is 4.79 Å². The van der Waals surface area contributed by atoms with Crippen LogP contribution >= 0.6 is 11.3 Å². The molecular weight excluding hydrogens is 368 g/mol. The summed E-state index contributed by atoms with van der Waals surface area (Å²) in [5.41, 5.74) is 2.94. The fourth-order valence-corrected chi connectivity index (χ4v) is 5.53. The lowest BCUT2D eigenvalue weighted by atomic mass is 9.82. The Balaban J connectivity index is 1.67. The Kier molecular flexibility index (Phi) is 5.62. The van der Waals surface area contributed by atoms with Crippen molar-refractivity contribution in [3.05, 3.63) is 58.6 Å². The number of carbonyl (C=O) groups excluding carboxylic acids is 1. The topological polar surface area (TPSA) is 51.2 Å². The first kappa shape index (κ1) is 18.9. The predicted octanol–water partition coefficient (Wildman–Crippen LogP) is 6.12. The van der Waals surface area contributed by atoms with Crippen molar-refractivity contribution in [1.29, 1.82) is 0 Å². The number of rotatable bonds is 5. The number of aryl methyl sites for hydroxylation is 1. The molecule has 1 aromatic carbocycles. The molecule has 0 amide bonds. The minimum absolute atomic E-state index is 0.267. The number of ether oxygens (including phenoxy) is 1. The molecule has 1 atom stereocenters. The van der Waals surface area contributed by atoms with E-state index >= 15 is 0 Å². The first-order valence-corrected chi connectivity index (χ1v) is 10.8. The third-order valence-electron chi connectivity index (χ3n) is 5.78. The molecule has 0 saturated heterocycles. The van der Waals surface area contributed by atoms with E-state index in [2.05, 4.69) is 23.3 Å². The third-order valence-corrected chi connectivity index (χ3v) is 7.08. The van der Waals surface area contributed by atoms with Crippen LogP contribution in [0.3, 0.4) is 0 Å². The van der Waals surface area contributed by atoms with Crippen molar-refractivity contribution < 1.29 is 9.53 Å². The van der Waals surface area contributed by atoms with Crippen LogP contribution in [0.25, 0.3) is 10.2 Å². The van der Waals surface area contributed by atoms with Crippen LogP contribution in [-0.2, 0) is 4.74 Å². The summed E-state index contributed by atoms with van der Waals surface area (Å²) in [6.07, 6.45) is 8.30. The van der Waals surface area contributed by atoms with E-state index < -0.39 is 0 Å². The third kappa shape index (κ3) is 3.76. The van der Waals surface area contributed by atoms with Crippen LogP contribution in [0, 0.1) is 12.8 Å². The second kappa shape index (κ2) is 8.31. The van der Waals surface area contributed by atoms with Crippen LogP contribution in [-0.4, -0.2) is 18.1 Å². The average Bonchev–Trinajstić information content (AvgIpc) is 3.09. The highest BCUT2D eigenvalue weighted by molar-refractivity contribution is 7.19. The second-order valence-electron chi connectivity index (χ2n) is 7.54. The van der Waals surface area contributed by atoms with Crippen LogP contribution in [0.2, 0.25) is 0 Å². The van der Waals surface area contributed by atoms with E-state index in [1.807, 2.05) is 47.9 Å². The van der Waals surface area contributed by atoms with Gasteiger partial charge < -0.3 is 10.1 Å². The van der Waals surface area contributed by atoms with Crippen LogP contribution in [0.1, 0.15) is 58.9 Å². The molecule has 3 aromatic rings. The van der Waals surface area contributed by atoms with Crippen molar-refractivity contribution in [2.75, 3.05) is 12.4 Å². The van der Waals surface area contributed by atoms with E-state index in [0.29, 0.717) is 11.5 Å². The quantitative estimate of drug-likeness (QED) is 0.529. The molecule has 2 heterocycles. The average molecular weight is 395 g/mol. The number of esters is 1. The zero-order valence-electron chi connectivity index (χ0n) is 16.4. The van der Waals surface area contributed by atoms with Crippen molar-refractivity contribution in [2.45, 2.75) is 45.1 Å². The van der Waals surface area contributed by atoms with Gasteiger partial charge in [-0.15, -0.1) is 11.3 Å². The molecule has 4 nitrogen and oxygen atoms in total. The summed E-state index contributed by atoms with van der Waals surface area (Å²) in [6.45, 7) is 2.22. The normalized spacial score (nSPS) is 16.1. The predicted molar refractivity (Wildman–Crippen MR) is 115 cm³/mol. The number of anilines is 1. The summed E-state index contributed by atoms with van der Waals surface area (Å²) in [5.74, 6) is 0.308. The Morgan fingerprint density at radius 2 is 1.93 bits per heavy atom. The minimum Gasteiger partial charge on any atom is -0.465 e. The van der Waals surface area contributed by atoms with E-state index in [1.54, 1.807) is 0 Å². The van der Waals surface area contributed by atoms with Crippen molar-refractivity contribution >= 4 is 33.2 Å². The zero-order chi connectivity index (χ0) is 19.5. The second-order valence-corrected chi connectivity index (χ2v) is 8.57. The minimum atomic E-state index is -0.304. The Morgan fingerprint density at radius 3 is 2.61 bits per heavy atom. The number of methoxy groups -OCH3 is 1. The molecule has 0 bridgehead atoms. The first-order valence-electron chi connectivity index (χ1n) is 9.96. The highest BCUT2D eigenvalue weighted by atomic mass is 32.1. The van der Waals surface area contributed by atoms with Gasteiger partial charge >= 0.3 is 5.97 Å². The van der Waals surface area contributed by atoms with Crippen LogP contribution in [0.4, 0.5) is 5.69 Å². The van der Waals surface area contributed by atoms with E-state index in [0.717, 1.165) is 10.5 Å². The fourth-order valence-electron chi connectivity index (χ4n) is 4.23. The summed E-state index contributed by atoms with van der Waals surface area (Å²) in [5, 5.41) is 5.04. The van der Waals surface area contributed by atoms with Gasteiger partial charge in [0.1, 0.15) is 4.83 Å². The van der Waals surface area contributed by atoms with Crippen LogP contribution < -0.4 is 5.32 Å². The number of pyridine rings is 1. The van der Waals surface area contributed by atoms with Crippen molar-refractivity contribution in [3.8, 4) is 0 Å². The molecule has 5 heteroatoms. The molecule has 28 heavy (non-hydrogen) atoms. The Labute approximate surface area is 169 Å². The number of nitrogens with one attached hydrogen (secondary N) is 1. The van der Waals surface area contributed by atoms with Gasteiger partial charge in [0, 0.05) is 22.1 Å². The molecule has 1 aliphatic carbocycles. The number of carbonyl (C=O) groups is 1. The van der Waals surface area contributed by atoms with Crippen molar-refractivity contribution in [3.63, 3.8) is 0 Å². The van der Waals surface area contributed by atoms with Gasteiger partial charge in [0.15, 0.2) is 0 Å². The van der Waals surface area contributed by atoms with E-state index in [-0.39, 0.29) is 12.0 Å². The number of hydrogen-bond donors (Lipinski definition) is 1. The SMILES string of the molecule is COC(=O)c1ccc(NC(c2sc3ncccc3c2C)C2CCCCC2)cc1. The summed E-state index contributed by atoms with van der Waals surface area (Å²) in [7, 11) is 1.41. The van der Waals surface area contributed by atoms with Crippen molar-refractivity contribution in [1.82, 2.24) is 4.98 Å². The van der Waals surface area contributed by atoms with Gasteiger partial charge in [0.25, 0.3) is 0 Å². The number of nitrogens with zero attached hydrogens (tertiary/aromatic N) is 1. The van der Waals surface area contributed by atoms with Crippen LogP contribution in [0.15, 0.2) is 42.6 Å². The molecule has 0 aliphatic heterocycles. The molecule has 1 saturated carbocycles. The molecule has 1 unspecified atom stereocenters. The number of benzene rings is 1. The fraction of sp³-hybridized carbons (Fsp3) is 0.391. The summed E-state index contributed by atoms with van der Waals surface area (Å²) < 4.78 is 4.81. The molecule has 0 radical (unpaired) electrons. The Hall–Kier alpha value is -2.40. The Bertz CT molecular complexity index is 958. The number of aromatic nitrogens is 1. The molecule has 2 aromatic heterocycles. The van der Waals surface area contributed by atoms with Crippen molar-refractivity contribution in [2.24, 2.45) is 5.92 Å². The maximum absolute atomic E-state index is 11.7. The van der Waals surface area contributed by atoms with E-state index in [1.165, 1.54) is 55.0 Å². The monoisotopic (exact) mass is 394 g/mol. The lowest BCUT2D eigenvalue weighted by molar-refractivity contribution is 0.0601. The molecule has 1 fully saturated rings. The number of thiophene rings is 1. The molecule has 1 aliphatic rings. The van der Waals surface area contributed by atoms with Gasteiger partial charge in [0.05, 0.1) is 18.7 Å². The zero-order valence-corrected chi connectivity index (χ0v) is 17.2. The van der Waals surface area contributed by atoms with Gasteiger partial charge in [-0.3, -0.25) is 0 Å². The summed E-state index contributed by atoms with van der Waals surface area (Å²) in [6, 6.07) is 12.0.